The molecule has 7 nitrogen and oxygen atoms in total. The lowest BCUT2D eigenvalue weighted by atomic mass is 10.1. The molecule has 21 heavy (non-hydrogen) atoms. The van der Waals surface area contributed by atoms with Crippen molar-refractivity contribution in [2.24, 2.45) is 0 Å². The highest BCUT2D eigenvalue weighted by Gasteiger charge is 2.35. The van der Waals surface area contributed by atoms with Crippen molar-refractivity contribution in [3.05, 3.63) is 53.4 Å². The number of nitrogens with one attached hydrogen (secondary N) is 1. The van der Waals surface area contributed by atoms with Crippen LogP contribution in [0.15, 0.2) is 33.2 Å². The minimum atomic E-state index is -0.766. The van der Waals surface area contributed by atoms with E-state index in [2.05, 4.69) is 36.8 Å². The molecule has 2 aromatic carbocycles. The maximum atomic E-state index is 11.3. The van der Waals surface area contributed by atoms with E-state index in [9.17, 15) is 20.2 Å². The van der Waals surface area contributed by atoms with Gasteiger partial charge in [0, 0.05) is 20.8 Å². The molecular weight excluding hydrogens is 410 g/mol. The van der Waals surface area contributed by atoms with Crippen molar-refractivity contribution in [1.29, 1.82) is 0 Å². The number of fused-ring (bicyclic) bond motifs is 3. The first-order valence-electron chi connectivity index (χ1n) is 5.63. The smallest absolute Gasteiger partial charge is 0.349 e. The summed E-state index contributed by atoms with van der Waals surface area (Å²) < 4.78 is 0.462. The molecule has 0 unspecified atom stereocenters. The molecule has 1 N–H and O–H groups in total. The van der Waals surface area contributed by atoms with E-state index in [1.165, 1.54) is 0 Å². The summed E-state index contributed by atoms with van der Waals surface area (Å²) in [5.74, 6) is 0. The molecule has 0 radical (unpaired) electrons. The van der Waals surface area contributed by atoms with Gasteiger partial charge in [-0.3, -0.25) is 20.2 Å². The number of rotatable bonds is 2. The summed E-state index contributed by atoms with van der Waals surface area (Å²) in [6.07, 6.45) is 0. The first kappa shape index (κ1) is 14.0. The molecule has 0 amide bonds. The molecule has 0 saturated heterocycles. The van der Waals surface area contributed by atoms with Gasteiger partial charge in [0.05, 0.1) is 9.85 Å². The Hall–Kier alpha value is -2.00. The van der Waals surface area contributed by atoms with Gasteiger partial charge in [-0.05, 0) is 37.9 Å². The van der Waals surface area contributed by atoms with Crippen LogP contribution in [0.5, 0.6) is 0 Å². The number of para-hydroxylation sites is 1. The van der Waals surface area contributed by atoms with Crippen molar-refractivity contribution in [2.75, 3.05) is 0 Å². The van der Waals surface area contributed by atoms with Crippen LogP contribution in [-0.2, 0) is 0 Å². The first-order chi connectivity index (χ1) is 9.93. The fourth-order valence-electron chi connectivity index (χ4n) is 2.33. The molecule has 3 aromatic rings. The summed E-state index contributed by atoms with van der Waals surface area (Å²) in [6, 6.07) is 7.12. The highest BCUT2D eigenvalue weighted by molar-refractivity contribution is 9.13. The maximum Gasteiger partial charge on any atom is 0.371 e. The number of benzene rings is 2. The second-order valence-electron chi connectivity index (χ2n) is 4.26. The van der Waals surface area contributed by atoms with Gasteiger partial charge < -0.3 is 4.98 Å². The van der Waals surface area contributed by atoms with Crippen LogP contribution in [0.3, 0.4) is 0 Å². The number of halogens is 2. The quantitative estimate of drug-likeness (QED) is 0.486. The van der Waals surface area contributed by atoms with E-state index in [1.807, 2.05) is 0 Å². The average Bonchev–Trinajstić information content (AvgIpc) is 2.80. The zero-order valence-corrected chi connectivity index (χ0v) is 13.3. The van der Waals surface area contributed by atoms with E-state index in [1.54, 1.807) is 24.3 Å². The van der Waals surface area contributed by atoms with Gasteiger partial charge in [-0.15, -0.1) is 0 Å². The molecule has 0 aliphatic carbocycles. The number of hydrogen-bond acceptors (Lipinski definition) is 4. The van der Waals surface area contributed by atoms with E-state index in [4.69, 9.17) is 0 Å². The Kier molecular flexibility index (Phi) is 3.18. The Labute approximate surface area is 133 Å². The third-order valence-corrected chi connectivity index (χ3v) is 5.25. The number of H-pyrrole nitrogens is 1. The number of nitro benzene ring substituents is 2. The van der Waals surface area contributed by atoms with Crippen molar-refractivity contribution < 1.29 is 9.85 Å². The number of hydrogen-bond donors (Lipinski definition) is 1. The normalized spacial score (nSPS) is 11.1. The minimum Gasteiger partial charge on any atom is -0.349 e. The van der Waals surface area contributed by atoms with E-state index in [-0.39, 0.29) is 9.99 Å². The molecular formula is C12H5Br2N3O4. The number of aromatic nitrogens is 1. The molecule has 0 aliphatic heterocycles. The first-order valence-corrected chi connectivity index (χ1v) is 7.22. The third kappa shape index (κ3) is 1.92. The minimum absolute atomic E-state index is 0.0523. The molecule has 1 aromatic heterocycles. The van der Waals surface area contributed by atoms with Crippen LogP contribution in [0, 0.1) is 20.2 Å². The van der Waals surface area contributed by atoms with Gasteiger partial charge in [0.25, 0.3) is 0 Å². The molecule has 0 aliphatic rings. The second kappa shape index (κ2) is 4.78. The van der Waals surface area contributed by atoms with Gasteiger partial charge >= 0.3 is 11.4 Å². The number of nitrogens with zero attached hydrogens (tertiary/aromatic N) is 2. The Morgan fingerprint density at radius 1 is 0.952 bits per heavy atom. The maximum absolute atomic E-state index is 11.3. The van der Waals surface area contributed by atoms with Gasteiger partial charge in [0.15, 0.2) is 0 Å². The van der Waals surface area contributed by atoms with Gasteiger partial charge in [-0.2, -0.15) is 0 Å². The van der Waals surface area contributed by atoms with E-state index < -0.39 is 21.2 Å². The molecule has 0 bridgehead atoms. The third-order valence-electron chi connectivity index (χ3n) is 3.15. The molecule has 0 spiro atoms. The van der Waals surface area contributed by atoms with E-state index >= 15 is 0 Å². The lowest BCUT2D eigenvalue weighted by molar-refractivity contribution is -0.421. The molecule has 106 valence electrons. The fourth-order valence-corrected chi connectivity index (χ4v) is 3.46. The highest BCUT2D eigenvalue weighted by Crippen LogP contribution is 2.48. The van der Waals surface area contributed by atoms with Gasteiger partial charge in [-0.25, -0.2) is 0 Å². The Morgan fingerprint density at radius 3 is 2.19 bits per heavy atom. The molecule has 0 fully saturated rings. The number of nitro groups is 2. The Bertz CT molecular complexity index is 935. The van der Waals surface area contributed by atoms with Gasteiger partial charge in [-0.1, -0.05) is 18.2 Å². The van der Waals surface area contributed by atoms with Crippen LogP contribution in [0.1, 0.15) is 0 Å². The predicted octanol–water partition coefficient (Wildman–Crippen LogP) is 4.66. The van der Waals surface area contributed by atoms with Crippen LogP contribution in [-0.4, -0.2) is 14.8 Å². The topological polar surface area (TPSA) is 102 Å². The lowest BCUT2D eigenvalue weighted by Gasteiger charge is -2.03. The predicted molar refractivity (Wildman–Crippen MR) is 84.5 cm³/mol. The lowest BCUT2D eigenvalue weighted by Crippen LogP contribution is -1.99. The summed E-state index contributed by atoms with van der Waals surface area (Å²) >= 11 is 6.37. The van der Waals surface area contributed by atoms with Crippen molar-refractivity contribution in [3.63, 3.8) is 0 Å². The van der Waals surface area contributed by atoms with Crippen molar-refractivity contribution in [1.82, 2.24) is 4.98 Å². The van der Waals surface area contributed by atoms with Crippen LogP contribution < -0.4 is 0 Å². The highest BCUT2D eigenvalue weighted by atomic mass is 79.9. The number of aromatic amines is 1. The van der Waals surface area contributed by atoms with Crippen molar-refractivity contribution in [2.45, 2.75) is 0 Å². The molecule has 0 saturated carbocycles. The monoisotopic (exact) mass is 413 g/mol. The Morgan fingerprint density at radius 2 is 1.57 bits per heavy atom. The summed E-state index contributed by atoms with van der Waals surface area (Å²) in [5.41, 5.74) is -0.334. The molecule has 9 heteroatoms. The van der Waals surface area contributed by atoms with Crippen LogP contribution in [0.25, 0.3) is 21.8 Å². The zero-order valence-electron chi connectivity index (χ0n) is 10.1. The summed E-state index contributed by atoms with van der Waals surface area (Å²) in [5, 5.41) is 23.8. The SMILES string of the molecule is O=[N+]([O-])c1c(Br)c(Br)c2c([nH]c3ccccc32)c1[N+](=O)[O-]. The summed E-state index contributed by atoms with van der Waals surface area (Å²) in [6.45, 7) is 0. The molecule has 3 rings (SSSR count). The zero-order chi connectivity index (χ0) is 15.3. The van der Waals surface area contributed by atoms with Crippen molar-refractivity contribution in [3.8, 4) is 0 Å². The molecule has 0 atom stereocenters. The second-order valence-corrected chi connectivity index (χ2v) is 5.85. The average molecular weight is 415 g/mol. The molecule has 1 heterocycles. The van der Waals surface area contributed by atoms with Crippen LogP contribution >= 0.6 is 31.9 Å². The van der Waals surface area contributed by atoms with Gasteiger partial charge in [0.1, 0.15) is 9.99 Å². The summed E-state index contributed by atoms with van der Waals surface area (Å²) in [7, 11) is 0. The largest absolute Gasteiger partial charge is 0.371 e. The van der Waals surface area contributed by atoms with Crippen LogP contribution in [0.4, 0.5) is 11.4 Å². The van der Waals surface area contributed by atoms with Crippen molar-refractivity contribution >= 4 is 65.0 Å². The summed E-state index contributed by atoms with van der Waals surface area (Å²) in [4.78, 5) is 23.9. The standard InChI is InChI=1S/C12H5Br2N3O4/c13-8-7-5-3-1-2-4-6(5)15-10(7)12(17(20)21)11(9(8)14)16(18)19/h1-4,15H. The van der Waals surface area contributed by atoms with E-state index in [0.717, 1.165) is 5.39 Å². The van der Waals surface area contributed by atoms with Gasteiger partial charge in [0.2, 0.25) is 0 Å². The Balaban J connectivity index is 2.66. The fraction of sp³-hybridized carbons (Fsp3) is 0. The van der Waals surface area contributed by atoms with E-state index in [0.29, 0.717) is 15.4 Å². The van der Waals surface area contributed by atoms with Crippen LogP contribution in [0.2, 0.25) is 0 Å².